The second kappa shape index (κ2) is 10.6. The molecule has 1 atom stereocenters. The Balaban J connectivity index is 1.28. The van der Waals surface area contributed by atoms with Gasteiger partial charge in [0.25, 0.3) is 5.91 Å². The van der Waals surface area contributed by atoms with Gasteiger partial charge in [-0.25, -0.2) is 4.98 Å². The lowest BCUT2D eigenvalue weighted by atomic mass is 9.94. The van der Waals surface area contributed by atoms with E-state index >= 15 is 0 Å². The van der Waals surface area contributed by atoms with Crippen LogP contribution in [0.1, 0.15) is 29.8 Å². The van der Waals surface area contributed by atoms with Crippen LogP contribution in [0, 0.1) is 0 Å². The predicted octanol–water partition coefficient (Wildman–Crippen LogP) is 3.80. The number of hydrogen-bond donors (Lipinski definition) is 4. The van der Waals surface area contributed by atoms with Crippen molar-refractivity contribution in [1.29, 1.82) is 0 Å². The SMILES string of the molecule is CC(C)(Cc1ccc(Oc2ncccc2C(N)=O)cc1)NCC(O)COc1cccc2[nH]ccc12. The summed E-state index contributed by atoms with van der Waals surface area (Å²) in [6.07, 6.45) is 3.49. The molecule has 0 radical (unpaired) electrons. The summed E-state index contributed by atoms with van der Waals surface area (Å²) < 4.78 is 11.6. The maximum Gasteiger partial charge on any atom is 0.254 e. The van der Waals surface area contributed by atoms with Crippen molar-refractivity contribution in [3.63, 3.8) is 0 Å². The third-order valence-electron chi connectivity index (χ3n) is 5.62. The van der Waals surface area contributed by atoms with Crippen molar-refractivity contribution in [2.75, 3.05) is 13.2 Å². The lowest BCUT2D eigenvalue weighted by molar-refractivity contribution is 0.0995. The zero-order chi connectivity index (χ0) is 24.8. The van der Waals surface area contributed by atoms with E-state index in [4.69, 9.17) is 15.2 Å². The molecule has 0 saturated carbocycles. The number of aromatic nitrogens is 2. The van der Waals surface area contributed by atoms with Gasteiger partial charge in [0.05, 0.1) is 0 Å². The Hall–Kier alpha value is -3.88. The van der Waals surface area contributed by atoms with Crippen LogP contribution in [0.15, 0.2) is 73.1 Å². The molecular weight excluding hydrogens is 444 g/mol. The molecule has 4 rings (SSSR count). The standard InChI is InChI=1S/C27H30N4O4/c1-27(2,31-16-19(32)17-34-24-7-3-6-23-21(24)12-14-29-23)15-18-8-10-20(11-9-18)35-26-22(25(28)33)5-4-13-30-26/h3-14,19,29,31-32H,15-17H2,1-2H3,(H2,28,33). The topological polar surface area (TPSA) is 122 Å². The molecule has 0 fully saturated rings. The second-order valence-electron chi connectivity index (χ2n) is 9.07. The third-order valence-corrected chi connectivity index (χ3v) is 5.62. The molecule has 1 unspecified atom stereocenters. The summed E-state index contributed by atoms with van der Waals surface area (Å²) in [6, 6.07) is 18.6. The average molecular weight is 475 g/mol. The molecule has 2 heterocycles. The number of rotatable bonds is 11. The number of β-amino-alcohol motifs (C(OH)–C–C–N with tert-alkyl or cyclic N) is 1. The molecule has 0 bridgehead atoms. The van der Waals surface area contributed by atoms with Crippen LogP contribution in [0.2, 0.25) is 0 Å². The summed E-state index contributed by atoms with van der Waals surface area (Å²) in [4.78, 5) is 18.8. The summed E-state index contributed by atoms with van der Waals surface area (Å²) in [5.74, 6) is 0.897. The van der Waals surface area contributed by atoms with Crippen molar-refractivity contribution in [3.8, 4) is 17.4 Å². The number of nitrogens with zero attached hydrogens (tertiary/aromatic N) is 1. The number of carbonyl (C=O) groups is 1. The molecular formula is C27H30N4O4. The van der Waals surface area contributed by atoms with E-state index in [0.29, 0.717) is 12.3 Å². The molecule has 0 aliphatic heterocycles. The number of aromatic amines is 1. The number of benzene rings is 2. The molecule has 2 aromatic carbocycles. The first-order valence-electron chi connectivity index (χ1n) is 11.4. The van der Waals surface area contributed by atoms with Crippen LogP contribution in [0.3, 0.4) is 0 Å². The fraction of sp³-hybridized carbons (Fsp3) is 0.259. The van der Waals surface area contributed by atoms with Crippen molar-refractivity contribution < 1.29 is 19.4 Å². The summed E-state index contributed by atoms with van der Waals surface area (Å²) in [5.41, 5.74) is 7.45. The summed E-state index contributed by atoms with van der Waals surface area (Å²) in [7, 11) is 0. The van der Waals surface area contributed by atoms with Crippen molar-refractivity contribution in [2.24, 2.45) is 5.73 Å². The monoisotopic (exact) mass is 474 g/mol. The molecule has 0 saturated heterocycles. The van der Waals surface area contributed by atoms with Crippen LogP contribution in [0.5, 0.6) is 17.4 Å². The normalized spacial score (nSPS) is 12.4. The van der Waals surface area contributed by atoms with E-state index in [1.807, 2.05) is 54.7 Å². The maximum absolute atomic E-state index is 11.6. The Labute approximate surface area is 204 Å². The Kier molecular flexibility index (Phi) is 7.33. The van der Waals surface area contributed by atoms with E-state index in [1.165, 1.54) is 0 Å². The van der Waals surface area contributed by atoms with Gasteiger partial charge in [-0.2, -0.15) is 0 Å². The molecule has 35 heavy (non-hydrogen) atoms. The van der Waals surface area contributed by atoms with E-state index in [1.54, 1.807) is 18.3 Å². The predicted molar refractivity (Wildman–Crippen MR) is 135 cm³/mol. The van der Waals surface area contributed by atoms with Gasteiger partial charge in [0.15, 0.2) is 0 Å². The number of amides is 1. The van der Waals surface area contributed by atoms with Gasteiger partial charge in [0.1, 0.15) is 29.8 Å². The van der Waals surface area contributed by atoms with Gasteiger partial charge < -0.3 is 30.6 Å². The third kappa shape index (κ3) is 6.38. The van der Waals surface area contributed by atoms with E-state index in [9.17, 15) is 9.90 Å². The van der Waals surface area contributed by atoms with Crippen molar-refractivity contribution >= 4 is 16.8 Å². The lowest BCUT2D eigenvalue weighted by Gasteiger charge is -2.28. The molecule has 0 spiro atoms. The number of nitrogens with two attached hydrogens (primary N) is 1. The van der Waals surface area contributed by atoms with Gasteiger partial charge in [-0.3, -0.25) is 4.79 Å². The molecule has 1 amide bonds. The lowest BCUT2D eigenvalue weighted by Crippen LogP contribution is -2.46. The van der Waals surface area contributed by atoms with Crippen molar-refractivity contribution in [2.45, 2.75) is 31.9 Å². The number of fused-ring (bicyclic) bond motifs is 1. The number of H-pyrrole nitrogens is 1. The van der Waals surface area contributed by atoms with Gasteiger partial charge >= 0.3 is 0 Å². The Morgan fingerprint density at radius 1 is 1.14 bits per heavy atom. The highest BCUT2D eigenvalue weighted by Gasteiger charge is 2.20. The molecule has 0 aliphatic rings. The summed E-state index contributed by atoms with van der Waals surface area (Å²) >= 11 is 0. The first-order valence-corrected chi connectivity index (χ1v) is 11.4. The highest BCUT2D eigenvalue weighted by molar-refractivity contribution is 5.95. The minimum absolute atomic E-state index is 0.179. The van der Waals surface area contributed by atoms with E-state index in [-0.39, 0.29) is 23.6 Å². The van der Waals surface area contributed by atoms with Gasteiger partial charge in [-0.05, 0) is 68.3 Å². The first kappa shape index (κ1) is 24.3. The number of carbonyl (C=O) groups excluding carboxylic acids is 1. The minimum atomic E-state index is -0.655. The molecule has 2 aromatic heterocycles. The van der Waals surface area contributed by atoms with Gasteiger partial charge in [0, 0.05) is 35.4 Å². The molecule has 8 nitrogen and oxygen atoms in total. The molecule has 8 heteroatoms. The van der Waals surface area contributed by atoms with Crippen LogP contribution in [0.4, 0.5) is 0 Å². The molecule has 0 aliphatic carbocycles. The number of aliphatic hydroxyl groups excluding tert-OH is 1. The number of nitrogens with one attached hydrogen (secondary N) is 2. The van der Waals surface area contributed by atoms with E-state index in [0.717, 1.165) is 28.6 Å². The molecule has 5 N–H and O–H groups in total. The highest BCUT2D eigenvalue weighted by Crippen LogP contribution is 2.25. The summed E-state index contributed by atoms with van der Waals surface area (Å²) in [5, 5.41) is 14.9. The smallest absolute Gasteiger partial charge is 0.254 e. The summed E-state index contributed by atoms with van der Waals surface area (Å²) in [6.45, 7) is 4.75. The van der Waals surface area contributed by atoms with Crippen LogP contribution in [-0.2, 0) is 6.42 Å². The van der Waals surface area contributed by atoms with Crippen LogP contribution < -0.4 is 20.5 Å². The van der Waals surface area contributed by atoms with E-state index in [2.05, 4.69) is 29.1 Å². The van der Waals surface area contributed by atoms with Crippen LogP contribution in [-0.4, -0.2) is 45.8 Å². The van der Waals surface area contributed by atoms with Crippen LogP contribution >= 0.6 is 0 Å². The largest absolute Gasteiger partial charge is 0.490 e. The first-order chi connectivity index (χ1) is 16.8. The van der Waals surface area contributed by atoms with Crippen LogP contribution in [0.25, 0.3) is 10.9 Å². The Morgan fingerprint density at radius 3 is 2.71 bits per heavy atom. The van der Waals surface area contributed by atoms with E-state index < -0.39 is 12.0 Å². The minimum Gasteiger partial charge on any atom is -0.490 e. The Bertz CT molecular complexity index is 1280. The number of primary amides is 1. The number of ether oxygens (including phenoxy) is 2. The van der Waals surface area contributed by atoms with Crippen molar-refractivity contribution in [3.05, 3.63) is 84.2 Å². The number of aliphatic hydroxyl groups is 1. The molecule has 182 valence electrons. The fourth-order valence-corrected chi connectivity index (χ4v) is 3.84. The maximum atomic E-state index is 11.6. The zero-order valence-corrected chi connectivity index (χ0v) is 19.8. The van der Waals surface area contributed by atoms with Gasteiger partial charge in [-0.15, -0.1) is 0 Å². The molecule has 4 aromatic rings. The quantitative estimate of drug-likeness (QED) is 0.262. The second-order valence-corrected chi connectivity index (χ2v) is 9.07. The highest BCUT2D eigenvalue weighted by atomic mass is 16.5. The number of pyridine rings is 1. The zero-order valence-electron chi connectivity index (χ0n) is 19.8. The average Bonchev–Trinajstić information content (AvgIpc) is 3.32. The van der Waals surface area contributed by atoms with Gasteiger partial charge in [-0.1, -0.05) is 18.2 Å². The van der Waals surface area contributed by atoms with Crippen molar-refractivity contribution in [1.82, 2.24) is 15.3 Å². The fourth-order valence-electron chi connectivity index (χ4n) is 3.84. The van der Waals surface area contributed by atoms with Gasteiger partial charge in [0.2, 0.25) is 5.88 Å². The Morgan fingerprint density at radius 2 is 1.94 bits per heavy atom. The number of hydrogen-bond acceptors (Lipinski definition) is 6.